The highest BCUT2D eigenvalue weighted by Gasteiger charge is 2.27. The first-order valence-corrected chi connectivity index (χ1v) is 7.84. The fraction of sp³-hybridized carbons (Fsp3) is 0.500. The topological polar surface area (TPSA) is 86.2 Å². The van der Waals surface area contributed by atoms with Gasteiger partial charge in [-0.25, -0.2) is 9.67 Å². The molecule has 23 heavy (non-hydrogen) atoms. The van der Waals surface area contributed by atoms with Crippen LogP contribution in [0.5, 0.6) is 5.75 Å². The van der Waals surface area contributed by atoms with E-state index in [1.165, 1.54) is 0 Å². The first kappa shape index (κ1) is 17.7. The average Bonchev–Trinajstić information content (AvgIpc) is 2.88. The number of nitrogens with zero attached hydrogens (tertiary/aromatic N) is 3. The van der Waals surface area contributed by atoms with Crippen LogP contribution < -0.4 is 10.5 Å². The van der Waals surface area contributed by atoms with Crippen molar-refractivity contribution in [1.82, 2.24) is 14.8 Å². The number of benzene rings is 1. The summed E-state index contributed by atoms with van der Waals surface area (Å²) in [6.07, 6.45) is -0.720. The Labute approximate surface area is 141 Å². The van der Waals surface area contributed by atoms with Gasteiger partial charge in [0.05, 0.1) is 17.7 Å². The maximum Gasteiger partial charge on any atom is 0.188 e. The molecule has 2 atom stereocenters. The molecule has 0 unspecified atom stereocenters. The maximum absolute atomic E-state index is 9.76. The number of nitrogens with two attached hydrogens (primary N) is 1. The molecule has 0 spiro atoms. The van der Waals surface area contributed by atoms with Crippen LogP contribution >= 0.6 is 11.6 Å². The molecule has 0 fully saturated rings. The number of ether oxygens (including phenoxy) is 1. The van der Waals surface area contributed by atoms with E-state index in [0.29, 0.717) is 22.4 Å². The minimum Gasteiger partial charge on any atom is -0.485 e. The van der Waals surface area contributed by atoms with Crippen molar-refractivity contribution in [3.05, 3.63) is 40.9 Å². The molecule has 0 bridgehead atoms. The van der Waals surface area contributed by atoms with Crippen molar-refractivity contribution >= 4 is 11.6 Å². The van der Waals surface area contributed by atoms with E-state index in [-0.39, 0.29) is 12.1 Å². The van der Waals surface area contributed by atoms with Crippen LogP contribution in [0.3, 0.4) is 0 Å². The van der Waals surface area contributed by atoms with Crippen LogP contribution in [-0.2, 0) is 12.1 Å². The normalized spacial score (nSPS) is 14.6. The Kier molecular flexibility index (Phi) is 5.29. The van der Waals surface area contributed by atoms with Crippen LogP contribution in [0.1, 0.15) is 45.4 Å². The highest BCUT2D eigenvalue weighted by Crippen LogP contribution is 2.22. The third-order valence-electron chi connectivity index (χ3n) is 3.29. The van der Waals surface area contributed by atoms with E-state index in [9.17, 15) is 5.11 Å². The van der Waals surface area contributed by atoms with Crippen molar-refractivity contribution in [3.8, 4) is 5.75 Å². The quantitative estimate of drug-likeness (QED) is 0.875. The number of hydrogen-bond donors (Lipinski definition) is 2. The Morgan fingerprint density at radius 3 is 2.65 bits per heavy atom. The van der Waals surface area contributed by atoms with E-state index in [4.69, 9.17) is 22.1 Å². The zero-order valence-electron chi connectivity index (χ0n) is 13.8. The lowest BCUT2D eigenvalue weighted by Crippen LogP contribution is -2.33. The summed E-state index contributed by atoms with van der Waals surface area (Å²) in [5.74, 6) is 1.69. The maximum atomic E-state index is 9.76. The highest BCUT2D eigenvalue weighted by atomic mass is 35.5. The second-order valence-electron chi connectivity index (χ2n) is 6.48. The first-order valence-electron chi connectivity index (χ1n) is 7.47. The molecule has 3 N–H and O–H groups in total. The lowest BCUT2D eigenvalue weighted by atomic mass is 10.1. The number of rotatable bonds is 5. The van der Waals surface area contributed by atoms with Gasteiger partial charge >= 0.3 is 0 Å². The van der Waals surface area contributed by atoms with Crippen molar-refractivity contribution in [2.45, 2.75) is 52.0 Å². The molecule has 0 saturated carbocycles. The second-order valence-corrected chi connectivity index (χ2v) is 6.92. The number of aliphatic hydroxyl groups is 1. The summed E-state index contributed by atoms with van der Waals surface area (Å²) in [6, 6.07) is 6.52. The van der Waals surface area contributed by atoms with Gasteiger partial charge in [-0.2, -0.15) is 5.10 Å². The third kappa shape index (κ3) is 4.43. The summed E-state index contributed by atoms with van der Waals surface area (Å²) >= 11 is 5.93. The molecule has 0 radical (unpaired) electrons. The highest BCUT2D eigenvalue weighted by molar-refractivity contribution is 6.30. The van der Waals surface area contributed by atoms with Gasteiger partial charge in [0.25, 0.3) is 0 Å². The van der Waals surface area contributed by atoms with Crippen LogP contribution in [-0.4, -0.2) is 26.0 Å². The van der Waals surface area contributed by atoms with E-state index >= 15 is 0 Å². The molecule has 126 valence electrons. The van der Waals surface area contributed by atoms with E-state index in [2.05, 4.69) is 10.1 Å². The molecular weight excluding hydrogens is 316 g/mol. The first-order chi connectivity index (χ1) is 10.7. The predicted molar refractivity (Wildman–Crippen MR) is 89.4 cm³/mol. The second kappa shape index (κ2) is 6.86. The van der Waals surface area contributed by atoms with Crippen LogP contribution in [0, 0.1) is 0 Å². The number of aliphatic hydroxyl groups excluding tert-OH is 1. The van der Waals surface area contributed by atoms with Crippen molar-refractivity contribution in [2.24, 2.45) is 5.73 Å². The monoisotopic (exact) mass is 338 g/mol. The van der Waals surface area contributed by atoms with Gasteiger partial charge in [0.15, 0.2) is 5.82 Å². The van der Waals surface area contributed by atoms with Gasteiger partial charge in [0, 0.05) is 5.02 Å². The fourth-order valence-corrected chi connectivity index (χ4v) is 2.24. The molecular formula is C16H23ClN4O2. The standard InChI is InChI=1S/C16H23ClN4O2/c1-10(22)14(18)15-19-13(20-21(15)16(2,3)4)9-23-12-7-5-6-11(17)8-12/h5-8,10,14,22H,9,18H2,1-4H3/t10-,14+/m1/s1. The summed E-state index contributed by atoms with van der Waals surface area (Å²) in [4.78, 5) is 4.44. The minimum atomic E-state index is -0.720. The van der Waals surface area contributed by atoms with E-state index in [1.54, 1.807) is 23.7 Å². The summed E-state index contributed by atoms with van der Waals surface area (Å²) < 4.78 is 7.41. The van der Waals surface area contributed by atoms with Crippen molar-refractivity contribution in [2.75, 3.05) is 0 Å². The Bertz CT molecular complexity index is 664. The number of aromatic nitrogens is 3. The molecule has 6 nitrogen and oxygen atoms in total. The molecule has 1 aromatic carbocycles. The van der Waals surface area contributed by atoms with Gasteiger partial charge in [-0.3, -0.25) is 0 Å². The third-order valence-corrected chi connectivity index (χ3v) is 3.53. The Morgan fingerprint density at radius 2 is 2.09 bits per heavy atom. The largest absolute Gasteiger partial charge is 0.485 e. The Morgan fingerprint density at radius 1 is 1.39 bits per heavy atom. The van der Waals surface area contributed by atoms with Gasteiger partial charge in [-0.15, -0.1) is 0 Å². The van der Waals surface area contributed by atoms with Crippen molar-refractivity contribution < 1.29 is 9.84 Å². The van der Waals surface area contributed by atoms with Crippen LogP contribution in [0.2, 0.25) is 5.02 Å². The SMILES string of the molecule is C[C@@H](O)[C@H](N)c1nc(COc2cccc(Cl)c2)nn1C(C)(C)C. The van der Waals surface area contributed by atoms with Gasteiger partial charge < -0.3 is 15.6 Å². The fourth-order valence-electron chi connectivity index (χ4n) is 2.06. The molecule has 1 heterocycles. The summed E-state index contributed by atoms with van der Waals surface area (Å²) in [5, 5.41) is 14.8. The molecule has 2 aromatic rings. The Hall–Kier alpha value is -1.63. The van der Waals surface area contributed by atoms with Gasteiger partial charge in [0.1, 0.15) is 18.2 Å². The summed E-state index contributed by atoms with van der Waals surface area (Å²) in [7, 11) is 0. The average molecular weight is 339 g/mol. The van der Waals surface area contributed by atoms with Gasteiger partial charge in [-0.05, 0) is 45.9 Å². The van der Waals surface area contributed by atoms with Gasteiger partial charge in [-0.1, -0.05) is 17.7 Å². The number of hydrogen-bond acceptors (Lipinski definition) is 5. The van der Waals surface area contributed by atoms with E-state index in [1.807, 2.05) is 32.9 Å². The molecule has 0 saturated heterocycles. The van der Waals surface area contributed by atoms with Crippen LogP contribution in [0.4, 0.5) is 0 Å². The lowest BCUT2D eigenvalue weighted by molar-refractivity contribution is 0.154. The van der Waals surface area contributed by atoms with Gasteiger partial charge in [0.2, 0.25) is 0 Å². The molecule has 2 rings (SSSR count). The molecule has 0 aliphatic rings. The Balaban J connectivity index is 2.23. The van der Waals surface area contributed by atoms with Crippen molar-refractivity contribution in [3.63, 3.8) is 0 Å². The van der Waals surface area contributed by atoms with E-state index in [0.717, 1.165) is 0 Å². The lowest BCUT2D eigenvalue weighted by Gasteiger charge is -2.24. The number of halogens is 1. The van der Waals surface area contributed by atoms with Crippen LogP contribution in [0.25, 0.3) is 0 Å². The summed E-state index contributed by atoms with van der Waals surface area (Å²) in [5.41, 5.74) is 5.74. The molecule has 0 aliphatic carbocycles. The molecule has 7 heteroatoms. The predicted octanol–water partition coefficient (Wildman–Crippen LogP) is 2.65. The zero-order chi connectivity index (χ0) is 17.2. The van der Waals surface area contributed by atoms with Crippen molar-refractivity contribution in [1.29, 1.82) is 0 Å². The smallest absolute Gasteiger partial charge is 0.188 e. The summed E-state index contributed by atoms with van der Waals surface area (Å²) in [6.45, 7) is 7.84. The molecule has 1 aromatic heterocycles. The minimum absolute atomic E-state index is 0.197. The van der Waals surface area contributed by atoms with E-state index < -0.39 is 12.1 Å². The molecule has 0 amide bonds. The zero-order valence-corrected chi connectivity index (χ0v) is 14.6. The van der Waals surface area contributed by atoms with Crippen LogP contribution in [0.15, 0.2) is 24.3 Å². The molecule has 0 aliphatic heterocycles.